The van der Waals surface area contributed by atoms with E-state index in [4.69, 9.17) is 9.47 Å². The highest BCUT2D eigenvalue weighted by Gasteiger charge is 2.08. The van der Waals surface area contributed by atoms with Gasteiger partial charge in [0.2, 0.25) is 5.91 Å². The molecule has 0 unspecified atom stereocenters. The van der Waals surface area contributed by atoms with Crippen molar-refractivity contribution in [3.05, 3.63) is 52.5 Å². The van der Waals surface area contributed by atoms with Crippen LogP contribution in [-0.4, -0.2) is 19.6 Å². The van der Waals surface area contributed by atoms with E-state index >= 15 is 0 Å². The summed E-state index contributed by atoms with van der Waals surface area (Å²) in [6, 6.07) is 13.3. The SMILES string of the molecule is COc1ccc(C)cc1NC(=O)CCCOc1ccc(Br)cc1. The van der Waals surface area contributed by atoms with Gasteiger partial charge in [-0.15, -0.1) is 0 Å². The summed E-state index contributed by atoms with van der Waals surface area (Å²) in [5.41, 5.74) is 1.77. The van der Waals surface area contributed by atoms with Crippen LogP contribution in [0.25, 0.3) is 0 Å². The number of halogens is 1. The number of hydrogen-bond acceptors (Lipinski definition) is 3. The van der Waals surface area contributed by atoms with Gasteiger partial charge in [0.15, 0.2) is 0 Å². The van der Waals surface area contributed by atoms with Crippen molar-refractivity contribution >= 4 is 27.5 Å². The zero-order valence-electron chi connectivity index (χ0n) is 13.3. The molecule has 0 saturated carbocycles. The molecule has 2 aromatic carbocycles. The van der Waals surface area contributed by atoms with Crippen molar-refractivity contribution in [2.45, 2.75) is 19.8 Å². The summed E-state index contributed by atoms with van der Waals surface area (Å²) in [7, 11) is 1.59. The Labute approximate surface area is 144 Å². The second-order valence-electron chi connectivity index (χ2n) is 5.16. The average Bonchev–Trinajstić information content (AvgIpc) is 2.53. The number of ether oxygens (including phenoxy) is 2. The lowest BCUT2D eigenvalue weighted by Gasteiger charge is -2.11. The minimum Gasteiger partial charge on any atom is -0.495 e. The van der Waals surface area contributed by atoms with Crippen LogP contribution >= 0.6 is 15.9 Å². The number of methoxy groups -OCH3 is 1. The van der Waals surface area contributed by atoms with Crippen molar-refractivity contribution in [3.63, 3.8) is 0 Å². The fraction of sp³-hybridized carbons (Fsp3) is 0.278. The first-order chi connectivity index (χ1) is 11.1. The van der Waals surface area contributed by atoms with Gasteiger partial charge in [0.05, 0.1) is 19.4 Å². The van der Waals surface area contributed by atoms with Crippen LogP contribution in [0, 0.1) is 6.92 Å². The molecule has 5 heteroatoms. The minimum absolute atomic E-state index is 0.0479. The summed E-state index contributed by atoms with van der Waals surface area (Å²) in [5, 5.41) is 2.88. The van der Waals surface area contributed by atoms with Gasteiger partial charge in [0.1, 0.15) is 11.5 Å². The molecule has 4 nitrogen and oxygen atoms in total. The van der Waals surface area contributed by atoms with E-state index in [-0.39, 0.29) is 5.91 Å². The van der Waals surface area contributed by atoms with E-state index < -0.39 is 0 Å². The third kappa shape index (κ3) is 5.60. The molecule has 0 atom stereocenters. The Kier molecular flexibility index (Phi) is 6.47. The second-order valence-corrected chi connectivity index (χ2v) is 6.07. The number of carbonyl (C=O) groups excluding carboxylic acids is 1. The molecule has 122 valence electrons. The van der Waals surface area contributed by atoms with Crippen molar-refractivity contribution in [2.75, 3.05) is 19.0 Å². The van der Waals surface area contributed by atoms with E-state index in [2.05, 4.69) is 21.2 Å². The molecule has 0 aliphatic carbocycles. The van der Waals surface area contributed by atoms with Gasteiger partial charge in [-0.3, -0.25) is 4.79 Å². The van der Waals surface area contributed by atoms with Gasteiger partial charge in [0, 0.05) is 10.9 Å². The highest BCUT2D eigenvalue weighted by atomic mass is 79.9. The van der Waals surface area contributed by atoms with E-state index in [0.29, 0.717) is 30.9 Å². The van der Waals surface area contributed by atoms with Gasteiger partial charge in [-0.2, -0.15) is 0 Å². The molecular weight excluding hydrogens is 358 g/mol. The first-order valence-electron chi connectivity index (χ1n) is 7.41. The molecule has 23 heavy (non-hydrogen) atoms. The zero-order chi connectivity index (χ0) is 16.7. The molecule has 0 aliphatic heterocycles. The first kappa shape index (κ1) is 17.3. The molecule has 1 N–H and O–H groups in total. The fourth-order valence-electron chi connectivity index (χ4n) is 2.09. The molecule has 0 saturated heterocycles. The van der Waals surface area contributed by atoms with E-state index in [9.17, 15) is 4.79 Å². The van der Waals surface area contributed by atoms with Crippen LogP contribution < -0.4 is 14.8 Å². The van der Waals surface area contributed by atoms with Crippen molar-refractivity contribution in [1.82, 2.24) is 0 Å². The Balaban J connectivity index is 1.77. The number of aryl methyl sites for hydroxylation is 1. The number of hydrogen-bond donors (Lipinski definition) is 1. The van der Waals surface area contributed by atoms with Crippen LogP contribution in [-0.2, 0) is 4.79 Å². The monoisotopic (exact) mass is 377 g/mol. The summed E-state index contributed by atoms with van der Waals surface area (Å²) >= 11 is 3.38. The second kappa shape index (κ2) is 8.58. The van der Waals surface area contributed by atoms with Crippen LogP contribution in [0.5, 0.6) is 11.5 Å². The van der Waals surface area contributed by atoms with Gasteiger partial charge < -0.3 is 14.8 Å². The molecule has 1 amide bonds. The molecule has 0 spiro atoms. The van der Waals surface area contributed by atoms with Gasteiger partial charge in [0.25, 0.3) is 0 Å². The highest BCUT2D eigenvalue weighted by Crippen LogP contribution is 2.25. The minimum atomic E-state index is -0.0479. The molecule has 2 rings (SSSR count). The van der Waals surface area contributed by atoms with Gasteiger partial charge in [-0.25, -0.2) is 0 Å². The molecule has 0 aliphatic rings. The molecular formula is C18H20BrNO3. The Hall–Kier alpha value is -2.01. The number of carbonyl (C=O) groups is 1. The summed E-state index contributed by atoms with van der Waals surface area (Å²) in [6.07, 6.45) is 1.05. The van der Waals surface area contributed by atoms with Gasteiger partial charge >= 0.3 is 0 Å². The summed E-state index contributed by atoms with van der Waals surface area (Å²) in [6.45, 7) is 2.47. The Morgan fingerprint density at radius 2 is 1.91 bits per heavy atom. The smallest absolute Gasteiger partial charge is 0.224 e. The van der Waals surface area contributed by atoms with Crippen molar-refractivity contribution in [1.29, 1.82) is 0 Å². The topological polar surface area (TPSA) is 47.6 Å². The summed E-state index contributed by atoms with van der Waals surface area (Å²) in [4.78, 5) is 12.0. The molecule has 0 heterocycles. The van der Waals surface area contributed by atoms with Crippen molar-refractivity contribution in [2.24, 2.45) is 0 Å². The van der Waals surface area contributed by atoms with Crippen LogP contribution in [0.3, 0.4) is 0 Å². The lowest BCUT2D eigenvalue weighted by Crippen LogP contribution is -2.13. The van der Waals surface area contributed by atoms with Gasteiger partial charge in [-0.1, -0.05) is 22.0 Å². The Morgan fingerprint density at radius 1 is 1.17 bits per heavy atom. The van der Waals surface area contributed by atoms with E-state index in [1.165, 1.54) is 0 Å². The molecule has 2 aromatic rings. The van der Waals surface area contributed by atoms with Crippen LogP contribution in [0.15, 0.2) is 46.9 Å². The first-order valence-corrected chi connectivity index (χ1v) is 8.20. The molecule has 0 fully saturated rings. The predicted molar refractivity (Wildman–Crippen MR) is 95.2 cm³/mol. The van der Waals surface area contributed by atoms with Crippen molar-refractivity contribution < 1.29 is 14.3 Å². The maximum atomic E-state index is 12.0. The standard InChI is InChI=1S/C18H20BrNO3/c1-13-5-10-17(22-2)16(12-13)20-18(21)4-3-11-23-15-8-6-14(19)7-9-15/h5-10,12H,3-4,11H2,1-2H3,(H,20,21). The fourth-order valence-corrected chi connectivity index (χ4v) is 2.35. The molecule has 0 radical (unpaired) electrons. The molecule has 0 bridgehead atoms. The van der Waals surface area contributed by atoms with Crippen LogP contribution in [0.4, 0.5) is 5.69 Å². The average molecular weight is 378 g/mol. The normalized spacial score (nSPS) is 10.2. The lowest BCUT2D eigenvalue weighted by atomic mass is 10.2. The largest absolute Gasteiger partial charge is 0.495 e. The van der Waals surface area contributed by atoms with Crippen LogP contribution in [0.2, 0.25) is 0 Å². The number of rotatable bonds is 7. The quantitative estimate of drug-likeness (QED) is 0.719. The lowest BCUT2D eigenvalue weighted by molar-refractivity contribution is -0.116. The van der Waals surface area contributed by atoms with Crippen molar-refractivity contribution in [3.8, 4) is 11.5 Å². The number of amides is 1. The van der Waals surface area contributed by atoms with E-state index in [1.807, 2.05) is 49.4 Å². The number of anilines is 1. The van der Waals surface area contributed by atoms with Gasteiger partial charge in [-0.05, 0) is 55.3 Å². The Morgan fingerprint density at radius 3 is 2.61 bits per heavy atom. The molecule has 0 aromatic heterocycles. The number of benzene rings is 2. The number of nitrogens with one attached hydrogen (secondary N) is 1. The predicted octanol–water partition coefficient (Wildman–Crippen LogP) is 4.56. The Bertz CT molecular complexity index is 656. The van der Waals surface area contributed by atoms with E-state index in [0.717, 1.165) is 15.8 Å². The maximum Gasteiger partial charge on any atom is 0.224 e. The summed E-state index contributed by atoms with van der Waals surface area (Å²) in [5.74, 6) is 1.41. The zero-order valence-corrected chi connectivity index (χ0v) is 14.9. The third-order valence-corrected chi connectivity index (χ3v) is 3.79. The van der Waals surface area contributed by atoms with E-state index in [1.54, 1.807) is 7.11 Å². The highest BCUT2D eigenvalue weighted by molar-refractivity contribution is 9.10. The van der Waals surface area contributed by atoms with Crippen LogP contribution in [0.1, 0.15) is 18.4 Å². The third-order valence-electron chi connectivity index (χ3n) is 3.26. The summed E-state index contributed by atoms with van der Waals surface area (Å²) < 4.78 is 11.9. The maximum absolute atomic E-state index is 12.0.